The smallest absolute Gasteiger partial charge is 0.279 e. The third kappa shape index (κ3) is 3.97. The molecule has 1 aromatic heterocycles. The average Bonchev–Trinajstić information content (AvgIpc) is 2.93. The summed E-state index contributed by atoms with van der Waals surface area (Å²) in [4.78, 5) is 17.5. The van der Waals surface area contributed by atoms with Gasteiger partial charge in [-0.25, -0.2) is 0 Å². The van der Waals surface area contributed by atoms with E-state index in [0.717, 1.165) is 15.8 Å². The number of amides is 1. The van der Waals surface area contributed by atoms with E-state index in [-0.39, 0.29) is 0 Å². The molecule has 1 amide bonds. The minimum atomic E-state index is -0.407. The maximum absolute atomic E-state index is 12.6. The van der Waals surface area contributed by atoms with Crippen molar-refractivity contribution in [1.29, 1.82) is 0 Å². The summed E-state index contributed by atoms with van der Waals surface area (Å²) < 4.78 is 8.15. The topological polar surface area (TPSA) is 43.6 Å². The molecular weight excluding hydrogens is 415 g/mol. The third-order valence-electron chi connectivity index (χ3n) is 3.86. The van der Waals surface area contributed by atoms with Crippen LogP contribution in [-0.2, 0) is 11.3 Å². The average molecular weight is 430 g/mol. The number of benzene rings is 2. The number of carbonyl (C=O) groups excluding carboxylic acids is 1. The number of carbonyl (C=O) groups is 1. The first-order chi connectivity index (χ1) is 12.4. The predicted octanol–water partition coefficient (Wildman–Crippen LogP) is 5.36. The van der Waals surface area contributed by atoms with Gasteiger partial charge in [0, 0.05) is 34.3 Å². The van der Waals surface area contributed by atoms with Gasteiger partial charge in [0.25, 0.3) is 5.91 Å². The molecule has 0 fully saturated rings. The second-order valence-electron chi connectivity index (χ2n) is 5.62. The Kier molecular flexibility index (Phi) is 6.05. The molecule has 0 aliphatic heterocycles. The van der Waals surface area contributed by atoms with Crippen LogP contribution in [0.2, 0.25) is 15.1 Å². The van der Waals surface area contributed by atoms with Crippen LogP contribution in [0.3, 0.4) is 0 Å². The Balaban J connectivity index is 2.18. The van der Waals surface area contributed by atoms with E-state index in [2.05, 4.69) is 4.99 Å². The first-order valence-electron chi connectivity index (χ1n) is 7.73. The quantitative estimate of drug-likeness (QED) is 0.560. The zero-order chi connectivity index (χ0) is 18.8. The van der Waals surface area contributed by atoms with Gasteiger partial charge in [0.15, 0.2) is 4.80 Å². The molecule has 136 valence electrons. The highest BCUT2D eigenvalue weighted by Gasteiger charge is 2.13. The molecule has 8 heteroatoms. The summed E-state index contributed by atoms with van der Waals surface area (Å²) in [5, 5.41) is 1.45. The number of thiazole rings is 1. The van der Waals surface area contributed by atoms with Crippen molar-refractivity contribution in [3.8, 4) is 0 Å². The molecule has 26 heavy (non-hydrogen) atoms. The van der Waals surface area contributed by atoms with Crippen LogP contribution in [0.4, 0.5) is 0 Å². The maximum Gasteiger partial charge on any atom is 0.279 e. The summed E-state index contributed by atoms with van der Waals surface area (Å²) >= 11 is 19.7. The fourth-order valence-corrected chi connectivity index (χ4v) is 4.41. The van der Waals surface area contributed by atoms with Crippen molar-refractivity contribution in [3.05, 3.63) is 61.3 Å². The van der Waals surface area contributed by atoms with Gasteiger partial charge in [-0.05, 0) is 42.8 Å². The molecule has 0 N–H and O–H groups in total. The second kappa shape index (κ2) is 8.11. The van der Waals surface area contributed by atoms with Gasteiger partial charge in [0.2, 0.25) is 0 Å². The predicted molar refractivity (Wildman–Crippen MR) is 108 cm³/mol. The Bertz CT molecular complexity index is 1040. The van der Waals surface area contributed by atoms with E-state index in [9.17, 15) is 4.79 Å². The van der Waals surface area contributed by atoms with Crippen molar-refractivity contribution in [2.75, 3.05) is 13.7 Å². The van der Waals surface area contributed by atoms with Crippen molar-refractivity contribution in [2.45, 2.75) is 13.5 Å². The maximum atomic E-state index is 12.6. The lowest BCUT2D eigenvalue weighted by atomic mass is 10.2. The van der Waals surface area contributed by atoms with Crippen molar-refractivity contribution in [3.63, 3.8) is 0 Å². The summed E-state index contributed by atoms with van der Waals surface area (Å²) in [6.07, 6.45) is 0. The highest BCUT2D eigenvalue weighted by Crippen LogP contribution is 2.27. The fraction of sp³-hybridized carbons (Fsp3) is 0.222. The van der Waals surface area contributed by atoms with Gasteiger partial charge in [0.1, 0.15) is 0 Å². The second-order valence-corrected chi connectivity index (χ2v) is 7.91. The van der Waals surface area contributed by atoms with Gasteiger partial charge in [-0.15, -0.1) is 0 Å². The van der Waals surface area contributed by atoms with Crippen LogP contribution in [-0.4, -0.2) is 24.2 Å². The molecule has 0 spiro atoms. The summed E-state index contributed by atoms with van der Waals surface area (Å²) in [5.74, 6) is -0.407. The van der Waals surface area contributed by atoms with Crippen LogP contribution in [0.1, 0.15) is 15.9 Å². The first kappa shape index (κ1) is 19.4. The van der Waals surface area contributed by atoms with Crippen LogP contribution in [0.25, 0.3) is 10.2 Å². The largest absolute Gasteiger partial charge is 0.383 e. The SMILES string of the molecule is COCCn1c(=NC(=O)c2cc(Cl)cc(Cl)c2)sc2ccc(Cl)c(C)c21. The molecule has 0 unspecified atom stereocenters. The summed E-state index contributed by atoms with van der Waals surface area (Å²) in [7, 11) is 1.63. The minimum absolute atomic E-state index is 0.341. The van der Waals surface area contributed by atoms with E-state index in [4.69, 9.17) is 39.5 Å². The minimum Gasteiger partial charge on any atom is -0.383 e. The lowest BCUT2D eigenvalue weighted by molar-refractivity contribution is 0.0997. The van der Waals surface area contributed by atoms with E-state index in [1.54, 1.807) is 25.3 Å². The van der Waals surface area contributed by atoms with Gasteiger partial charge in [-0.3, -0.25) is 4.79 Å². The Labute approximate surface area is 169 Å². The van der Waals surface area contributed by atoms with Crippen LogP contribution in [0, 0.1) is 6.92 Å². The van der Waals surface area contributed by atoms with E-state index in [0.29, 0.717) is 38.6 Å². The Hall–Kier alpha value is -1.37. The van der Waals surface area contributed by atoms with Crippen LogP contribution < -0.4 is 4.80 Å². The normalized spacial score (nSPS) is 12.1. The number of aromatic nitrogens is 1. The fourth-order valence-electron chi connectivity index (χ4n) is 2.62. The van der Waals surface area contributed by atoms with Crippen LogP contribution in [0.5, 0.6) is 0 Å². The van der Waals surface area contributed by atoms with E-state index in [1.807, 2.05) is 23.6 Å². The van der Waals surface area contributed by atoms with Gasteiger partial charge >= 0.3 is 0 Å². The van der Waals surface area contributed by atoms with Crippen molar-refractivity contribution < 1.29 is 9.53 Å². The van der Waals surface area contributed by atoms with Gasteiger partial charge in [-0.1, -0.05) is 46.1 Å². The van der Waals surface area contributed by atoms with Gasteiger partial charge in [0.05, 0.1) is 16.8 Å². The standard InChI is InChI=1S/C18H15Cl3N2O2S/c1-10-14(21)3-4-15-16(10)23(5-6-25-2)18(26-15)22-17(24)11-7-12(19)9-13(20)8-11/h3-4,7-9H,5-6H2,1-2H3. The highest BCUT2D eigenvalue weighted by atomic mass is 35.5. The third-order valence-corrected chi connectivity index (χ3v) is 5.75. The number of hydrogen-bond acceptors (Lipinski definition) is 3. The Morgan fingerprint density at radius 3 is 2.54 bits per heavy atom. The lowest BCUT2D eigenvalue weighted by Crippen LogP contribution is -2.19. The molecule has 4 nitrogen and oxygen atoms in total. The van der Waals surface area contributed by atoms with E-state index in [1.165, 1.54) is 11.3 Å². The molecule has 0 bridgehead atoms. The van der Waals surface area contributed by atoms with Crippen molar-refractivity contribution >= 4 is 62.3 Å². The Morgan fingerprint density at radius 2 is 1.88 bits per heavy atom. The van der Waals surface area contributed by atoms with Crippen LogP contribution >= 0.6 is 46.1 Å². The number of methoxy groups -OCH3 is 1. The number of aryl methyl sites for hydroxylation is 1. The molecule has 3 aromatic rings. The Morgan fingerprint density at radius 1 is 1.19 bits per heavy atom. The molecule has 0 radical (unpaired) electrons. The van der Waals surface area contributed by atoms with Gasteiger partial charge < -0.3 is 9.30 Å². The number of ether oxygens (including phenoxy) is 1. The molecule has 0 saturated heterocycles. The van der Waals surface area contributed by atoms with E-state index < -0.39 is 5.91 Å². The number of fused-ring (bicyclic) bond motifs is 1. The molecule has 0 atom stereocenters. The van der Waals surface area contributed by atoms with Crippen molar-refractivity contribution in [1.82, 2.24) is 4.57 Å². The van der Waals surface area contributed by atoms with Crippen molar-refractivity contribution in [2.24, 2.45) is 4.99 Å². The molecule has 0 aliphatic rings. The molecule has 1 heterocycles. The molecule has 3 rings (SSSR count). The summed E-state index contributed by atoms with van der Waals surface area (Å²) in [6, 6.07) is 8.45. The molecule has 0 aliphatic carbocycles. The molecule has 0 saturated carbocycles. The first-order valence-corrected chi connectivity index (χ1v) is 9.68. The molecular formula is C18H15Cl3N2O2S. The number of nitrogens with zero attached hydrogens (tertiary/aromatic N) is 2. The van der Waals surface area contributed by atoms with Gasteiger partial charge in [-0.2, -0.15) is 4.99 Å². The summed E-state index contributed by atoms with van der Waals surface area (Å²) in [5.41, 5.74) is 2.24. The van der Waals surface area contributed by atoms with Crippen LogP contribution in [0.15, 0.2) is 35.3 Å². The van der Waals surface area contributed by atoms with E-state index >= 15 is 0 Å². The number of halogens is 3. The molecule has 2 aromatic carbocycles. The number of hydrogen-bond donors (Lipinski definition) is 0. The number of rotatable bonds is 4. The zero-order valence-electron chi connectivity index (χ0n) is 14.1. The monoisotopic (exact) mass is 428 g/mol. The highest BCUT2D eigenvalue weighted by molar-refractivity contribution is 7.16. The zero-order valence-corrected chi connectivity index (χ0v) is 17.1. The summed E-state index contributed by atoms with van der Waals surface area (Å²) in [6.45, 7) is 2.99. The lowest BCUT2D eigenvalue weighted by Gasteiger charge is -2.07.